The molecule has 1 aromatic rings. The maximum absolute atomic E-state index is 12.7. The summed E-state index contributed by atoms with van der Waals surface area (Å²) in [5.74, 6) is 0.911. The smallest absolute Gasteiger partial charge is 0.123 e. The molecule has 2 atom stereocenters. The summed E-state index contributed by atoms with van der Waals surface area (Å²) in [7, 11) is 0. The lowest BCUT2D eigenvalue weighted by Crippen LogP contribution is -2.30. The van der Waals surface area contributed by atoms with Gasteiger partial charge in [0.15, 0.2) is 0 Å². The Labute approximate surface area is 95.5 Å². The van der Waals surface area contributed by atoms with Crippen molar-refractivity contribution < 1.29 is 4.39 Å². The van der Waals surface area contributed by atoms with Crippen LogP contribution >= 0.6 is 11.8 Å². The minimum atomic E-state index is -0.178. The Bertz CT molecular complexity index is 286. The lowest BCUT2D eigenvalue weighted by Gasteiger charge is -2.19. The van der Waals surface area contributed by atoms with Crippen molar-refractivity contribution >= 4 is 11.8 Å². The van der Waals surface area contributed by atoms with Crippen LogP contribution in [0.5, 0.6) is 0 Å². The Morgan fingerprint density at radius 3 is 2.40 bits per heavy atom. The van der Waals surface area contributed by atoms with Crippen LogP contribution in [-0.2, 0) is 0 Å². The van der Waals surface area contributed by atoms with Crippen molar-refractivity contribution in [3.63, 3.8) is 0 Å². The van der Waals surface area contributed by atoms with E-state index in [0.717, 1.165) is 11.3 Å². The maximum atomic E-state index is 12.7. The molecule has 0 saturated carbocycles. The Kier molecular flexibility index (Phi) is 5.12. The Balaban J connectivity index is 2.53. The first-order chi connectivity index (χ1) is 7.13. The third-order valence-electron chi connectivity index (χ3n) is 2.32. The summed E-state index contributed by atoms with van der Waals surface area (Å²) in [4.78, 5) is 0. The van der Waals surface area contributed by atoms with E-state index in [2.05, 4.69) is 25.4 Å². The summed E-state index contributed by atoms with van der Waals surface area (Å²) >= 11 is 1.83. The predicted octanol–water partition coefficient (Wildman–Crippen LogP) is 3.23. The Morgan fingerprint density at radius 1 is 1.27 bits per heavy atom. The molecule has 0 fully saturated rings. The van der Waals surface area contributed by atoms with Crippen LogP contribution in [0, 0.1) is 5.82 Å². The highest BCUT2D eigenvalue weighted by atomic mass is 32.2. The zero-order chi connectivity index (χ0) is 11.3. The van der Waals surface area contributed by atoms with Gasteiger partial charge in [0, 0.05) is 17.8 Å². The molecule has 0 aliphatic heterocycles. The summed E-state index contributed by atoms with van der Waals surface area (Å²) in [6.07, 6.45) is 2.10. The molecular formula is C12H18FNS. The molecule has 15 heavy (non-hydrogen) atoms. The second-order valence-corrected chi connectivity index (χ2v) is 4.71. The van der Waals surface area contributed by atoms with Gasteiger partial charge in [0.2, 0.25) is 0 Å². The number of benzene rings is 1. The maximum Gasteiger partial charge on any atom is 0.123 e. The molecule has 84 valence electrons. The van der Waals surface area contributed by atoms with Crippen LogP contribution in [0.4, 0.5) is 4.39 Å². The minimum absolute atomic E-state index is 0.178. The number of nitrogens with one attached hydrogen (secondary N) is 1. The molecule has 0 aliphatic carbocycles. The van der Waals surface area contributed by atoms with Crippen LogP contribution in [0.3, 0.4) is 0 Å². The molecule has 0 bridgehead atoms. The fraction of sp³-hybridized carbons (Fsp3) is 0.500. The molecule has 1 rings (SSSR count). The summed E-state index contributed by atoms with van der Waals surface area (Å²) in [6, 6.07) is 7.42. The van der Waals surface area contributed by atoms with Crippen LogP contribution in [0.15, 0.2) is 24.3 Å². The van der Waals surface area contributed by atoms with Gasteiger partial charge in [-0.2, -0.15) is 11.8 Å². The third kappa shape index (κ3) is 4.22. The second kappa shape index (κ2) is 6.13. The van der Waals surface area contributed by atoms with E-state index in [1.54, 1.807) is 0 Å². The molecule has 1 aromatic carbocycles. The zero-order valence-corrected chi connectivity index (χ0v) is 10.3. The number of hydrogen-bond donors (Lipinski definition) is 1. The van der Waals surface area contributed by atoms with Crippen LogP contribution in [0.1, 0.15) is 25.5 Å². The molecule has 0 aliphatic rings. The molecule has 0 spiro atoms. The van der Waals surface area contributed by atoms with Crippen molar-refractivity contribution in [2.24, 2.45) is 0 Å². The van der Waals surface area contributed by atoms with Crippen molar-refractivity contribution in [1.29, 1.82) is 0 Å². The quantitative estimate of drug-likeness (QED) is 0.829. The monoisotopic (exact) mass is 227 g/mol. The van der Waals surface area contributed by atoms with Crippen molar-refractivity contribution in [2.75, 3.05) is 12.0 Å². The van der Waals surface area contributed by atoms with E-state index in [9.17, 15) is 4.39 Å². The molecule has 1 nitrogen and oxygen atoms in total. The molecule has 0 saturated heterocycles. The highest BCUT2D eigenvalue weighted by molar-refractivity contribution is 7.98. The molecule has 2 unspecified atom stereocenters. The van der Waals surface area contributed by atoms with E-state index < -0.39 is 0 Å². The number of halogens is 1. The third-order valence-corrected chi connectivity index (χ3v) is 3.15. The number of hydrogen-bond acceptors (Lipinski definition) is 2. The molecule has 0 radical (unpaired) electrons. The summed E-state index contributed by atoms with van der Waals surface area (Å²) in [6.45, 7) is 4.26. The average Bonchev–Trinajstić information content (AvgIpc) is 2.18. The molecule has 3 heteroatoms. The van der Waals surface area contributed by atoms with E-state index >= 15 is 0 Å². The van der Waals surface area contributed by atoms with Gasteiger partial charge in [-0.05, 0) is 37.8 Å². The fourth-order valence-electron chi connectivity index (χ4n) is 1.57. The lowest BCUT2D eigenvalue weighted by molar-refractivity contribution is 0.510. The van der Waals surface area contributed by atoms with E-state index in [1.165, 1.54) is 12.1 Å². The highest BCUT2D eigenvalue weighted by Gasteiger charge is 2.08. The van der Waals surface area contributed by atoms with Gasteiger partial charge >= 0.3 is 0 Å². The van der Waals surface area contributed by atoms with E-state index in [0.29, 0.717) is 6.04 Å². The largest absolute Gasteiger partial charge is 0.307 e. The van der Waals surface area contributed by atoms with Gasteiger partial charge in [-0.1, -0.05) is 12.1 Å². The van der Waals surface area contributed by atoms with Gasteiger partial charge in [-0.15, -0.1) is 0 Å². The predicted molar refractivity (Wildman–Crippen MR) is 65.8 cm³/mol. The summed E-state index contributed by atoms with van der Waals surface area (Å²) < 4.78 is 12.7. The van der Waals surface area contributed by atoms with Crippen LogP contribution in [-0.4, -0.2) is 18.1 Å². The average molecular weight is 227 g/mol. The highest BCUT2D eigenvalue weighted by Crippen LogP contribution is 2.14. The molecule has 1 N–H and O–H groups in total. The SMILES string of the molecule is CSCC(C)NC(C)c1ccc(F)cc1. The molecule has 0 heterocycles. The van der Waals surface area contributed by atoms with Crippen LogP contribution in [0.25, 0.3) is 0 Å². The molecular weight excluding hydrogens is 209 g/mol. The van der Waals surface area contributed by atoms with Crippen molar-refractivity contribution in [3.05, 3.63) is 35.6 Å². The Hall–Kier alpha value is -0.540. The standard InChI is InChI=1S/C12H18FNS/c1-9(8-15-3)14-10(2)11-4-6-12(13)7-5-11/h4-7,9-10,14H,8H2,1-3H3. The number of rotatable bonds is 5. The van der Waals surface area contributed by atoms with E-state index in [4.69, 9.17) is 0 Å². The first kappa shape index (κ1) is 12.5. The van der Waals surface area contributed by atoms with Gasteiger partial charge in [0.1, 0.15) is 5.82 Å². The minimum Gasteiger partial charge on any atom is -0.307 e. The van der Waals surface area contributed by atoms with Crippen LogP contribution < -0.4 is 5.32 Å². The first-order valence-corrected chi connectivity index (χ1v) is 6.53. The van der Waals surface area contributed by atoms with Crippen molar-refractivity contribution in [3.8, 4) is 0 Å². The molecule has 0 amide bonds. The lowest BCUT2D eigenvalue weighted by atomic mass is 10.1. The first-order valence-electron chi connectivity index (χ1n) is 5.14. The van der Waals surface area contributed by atoms with Gasteiger partial charge in [0.25, 0.3) is 0 Å². The van der Waals surface area contributed by atoms with Crippen molar-refractivity contribution in [1.82, 2.24) is 5.32 Å². The van der Waals surface area contributed by atoms with Crippen molar-refractivity contribution in [2.45, 2.75) is 25.9 Å². The summed E-state index contributed by atoms with van der Waals surface area (Å²) in [5, 5.41) is 3.47. The normalized spacial score (nSPS) is 14.9. The Morgan fingerprint density at radius 2 is 1.87 bits per heavy atom. The zero-order valence-electron chi connectivity index (χ0n) is 9.46. The van der Waals surface area contributed by atoms with E-state index in [-0.39, 0.29) is 11.9 Å². The summed E-state index contributed by atoms with van der Waals surface area (Å²) in [5.41, 5.74) is 1.13. The van der Waals surface area contributed by atoms with Gasteiger partial charge in [-0.3, -0.25) is 0 Å². The van der Waals surface area contributed by atoms with Crippen LogP contribution in [0.2, 0.25) is 0 Å². The second-order valence-electron chi connectivity index (χ2n) is 3.80. The van der Waals surface area contributed by atoms with E-state index in [1.807, 2.05) is 23.9 Å². The topological polar surface area (TPSA) is 12.0 Å². The van der Waals surface area contributed by atoms with Gasteiger partial charge in [-0.25, -0.2) is 4.39 Å². The molecule has 0 aromatic heterocycles. The fourth-order valence-corrected chi connectivity index (χ4v) is 2.17. The van der Waals surface area contributed by atoms with Gasteiger partial charge < -0.3 is 5.32 Å². The van der Waals surface area contributed by atoms with Gasteiger partial charge in [0.05, 0.1) is 0 Å². The number of thioether (sulfide) groups is 1.